The molecule has 7 heteroatoms. The van der Waals surface area contributed by atoms with Gasteiger partial charge in [0.1, 0.15) is 12.4 Å². The number of nitrogens with one attached hydrogen (secondary N) is 1. The molecule has 96 valence electrons. The van der Waals surface area contributed by atoms with E-state index >= 15 is 0 Å². The number of ether oxygens (including phenoxy) is 2. The predicted molar refractivity (Wildman–Crippen MR) is 69.2 cm³/mol. The van der Waals surface area contributed by atoms with Gasteiger partial charge in [-0.05, 0) is 24.4 Å². The van der Waals surface area contributed by atoms with Gasteiger partial charge in [-0.15, -0.1) is 0 Å². The summed E-state index contributed by atoms with van der Waals surface area (Å²) in [4.78, 5) is 13.6. The first-order valence-electron chi connectivity index (χ1n) is 5.30. The minimum Gasteiger partial charge on any atom is -0.497 e. The summed E-state index contributed by atoms with van der Waals surface area (Å²) >= 11 is 5.21. The highest BCUT2D eigenvalue weighted by molar-refractivity contribution is 7.71. The SMILES string of the molecule is COc1ccc2[nH]c(=S)n(CCOC(N)=O)c2c1. The molecule has 0 spiro atoms. The topological polar surface area (TPSA) is 82.3 Å². The lowest BCUT2D eigenvalue weighted by Gasteiger charge is -2.05. The van der Waals surface area contributed by atoms with E-state index < -0.39 is 6.09 Å². The lowest BCUT2D eigenvalue weighted by Crippen LogP contribution is -2.16. The molecular formula is C11H13N3O3S. The molecule has 18 heavy (non-hydrogen) atoms. The Labute approximate surface area is 108 Å². The number of H-pyrrole nitrogens is 1. The van der Waals surface area contributed by atoms with E-state index in [0.717, 1.165) is 16.8 Å². The summed E-state index contributed by atoms with van der Waals surface area (Å²) in [5.41, 5.74) is 6.70. The van der Waals surface area contributed by atoms with Gasteiger partial charge in [0.2, 0.25) is 0 Å². The van der Waals surface area contributed by atoms with Crippen LogP contribution in [0.2, 0.25) is 0 Å². The van der Waals surface area contributed by atoms with E-state index in [-0.39, 0.29) is 6.61 Å². The zero-order chi connectivity index (χ0) is 13.1. The summed E-state index contributed by atoms with van der Waals surface area (Å²) in [5, 5.41) is 0. The summed E-state index contributed by atoms with van der Waals surface area (Å²) in [6, 6.07) is 5.60. The molecule has 0 aliphatic heterocycles. The van der Waals surface area contributed by atoms with E-state index in [9.17, 15) is 4.79 Å². The van der Waals surface area contributed by atoms with Crippen LogP contribution in [-0.4, -0.2) is 29.4 Å². The molecule has 1 amide bonds. The third-order valence-electron chi connectivity index (χ3n) is 2.54. The summed E-state index contributed by atoms with van der Waals surface area (Å²) in [5.74, 6) is 0.737. The van der Waals surface area contributed by atoms with Crippen molar-refractivity contribution in [2.45, 2.75) is 6.54 Å². The van der Waals surface area contributed by atoms with Crippen molar-refractivity contribution in [3.63, 3.8) is 0 Å². The largest absolute Gasteiger partial charge is 0.497 e. The summed E-state index contributed by atoms with van der Waals surface area (Å²) in [6.07, 6.45) is -0.793. The number of methoxy groups -OCH3 is 1. The number of aromatic nitrogens is 2. The number of aromatic amines is 1. The van der Waals surface area contributed by atoms with Gasteiger partial charge in [-0.25, -0.2) is 4.79 Å². The van der Waals surface area contributed by atoms with Gasteiger partial charge in [0, 0.05) is 6.07 Å². The van der Waals surface area contributed by atoms with Gasteiger partial charge in [0.25, 0.3) is 0 Å². The number of rotatable bonds is 4. The van der Waals surface area contributed by atoms with Crippen LogP contribution < -0.4 is 10.5 Å². The number of benzene rings is 1. The van der Waals surface area contributed by atoms with E-state index in [2.05, 4.69) is 4.98 Å². The Hall–Kier alpha value is -2.02. The van der Waals surface area contributed by atoms with Crippen molar-refractivity contribution >= 4 is 29.3 Å². The zero-order valence-electron chi connectivity index (χ0n) is 9.80. The van der Waals surface area contributed by atoms with Crippen LogP contribution in [0.15, 0.2) is 18.2 Å². The number of carbonyl (C=O) groups excluding carboxylic acids is 1. The number of hydrogen-bond acceptors (Lipinski definition) is 4. The van der Waals surface area contributed by atoms with Crippen molar-refractivity contribution in [1.29, 1.82) is 0 Å². The maximum atomic E-state index is 10.5. The second kappa shape index (κ2) is 5.09. The van der Waals surface area contributed by atoms with Crippen molar-refractivity contribution in [1.82, 2.24) is 9.55 Å². The molecule has 0 radical (unpaired) electrons. The second-order valence-corrected chi connectivity index (χ2v) is 4.02. The molecule has 0 bridgehead atoms. The molecule has 1 heterocycles. The van der Waals surface area contributed by atoms with Crippen LogP contribution in [0.4, 0.5) is 4.79 Å². The Morgan fingerprint density at radius 1 is 1.56 bits per heavy atom. The molecule has 2 rings (SSSR count). The van der Waals surface area contributed by atoms with Gasteiger partial charge in [0.05, 0.1) is 24.7 Å². The van der Waals surface area contributed by atoms with E-state index in [1.54, 1.807) is 7.11 Å². The minimum absolute atomic E-state index is 0.174. The highest BCUT2D eigenvalue weighted by Crippen LogP contribution is 2.20. The Bertz CT molecular complexity index is 632. The Balaban J connectivity index is 2.33. The van der Waals surface area contributed by atoms with E-state index in [0.29, 0.717) is 11.3 Å². The first-order valence-corrected chi connectivity index (χ1v) is 5.71. The van der Waals surface area contributed by atoms with Gasteiger partial charge in [0.15, 0.2) is 4.77 Å². The zero-order valence-corrected chi connectivity index (χ0v) is 10.6. The monoisotopic (exact) mass is 267 g/mol. The van der Waals surface area contributed by atoms with Crippen LogP contribution in [0.3, 0.4) is 0 Å². The number of imidazole rings is 1. The van der Waals surface area contributed by atoms with E-state index in [1.807, 2.05) is 22.8 Å². The fourth-order valence-corrected chi connectivity index (χ4v) is 2.02. The van der Waals surface area contributed by atoms with E-state index in [1.165, 1.54) is 0 Å². The first kappa shape index (κ1) is 12.4. The van der Waals surface area contributed by atoms with Crippen LogP contribution in [0, 0.1) is 4.77 Å². The van der Waals surface area contributed by atoms with E-state index in [4.69, 9.17) is 27.4 Å². The highest BCUT2D eigenvalue weighted by atomic mass is 32.1. The summed E-state index contributed by atoms with van der Waals surface area (Å²) in [7, 11) is 1.60. The smallest absolute Gasteiger partial charge is 0.404 e. The van der Waals surface area contributed by atoms with Gasteiger partial charge in [-0.2, -0.15) is 0 Å². The highest BCUT2D eigenvalue weighted by Gasteiger charge is 2.06. The number of nitrogens with zero attached hydrogens (tertiary/aromatic N) is 1. The Morgan fingerprint density at radius 2 is 2.33 bits per heavy atom. The minimum atomic E-state index is -0.793. The molecule has 1 aromatic heterocycles. The maximum absolute atomic E-state index is 10.5. The maximum Gasteiger partial charge on any atom is 0.404 e. The van der Waals surface area contributed by atoms with Gasteiger partial charge >= 0.3 is 6.09 Å². The lowest BCUT2D eigenvalue weighted by atomic mass is 10.3. The molecule has 0 fully saturated rings. The quantitative estimate of drug-likeness (QED) is 0.827. The fourth-order valence-electron chi connectivity index (χ4n) is 1.72. The lowest BCUT2D eigenvalue weighted by molar-refractivity contribution is 0.152. The van der Waals surface area contributed by atoms with Crippen LogP contribution >= 0.6 is 12.2 Å². The van der Waals surface area contributed by atoms with Crippen molar-refractivity contribution < 1.29 is 14.3 Å². The number of hydrogen-bond donors (Lipinski definition) is 2. The van der Waals surface area contributed by atoms with Crippen LogP contribution in [0.5, 0.6) is 5.75 Å². The Morgan fingerprint density at radius 3 is 3.00 bits per heavy atom. The molecule has 2 aromatic rings. The first-order chi connectivity index (χ1) is 8.61. The normalized spacial score (nSPS) is 10.5. The van der Waals surface area contributed by atoms with Crippen LogP contribution in [0.25, 0.3) is 11.0 Å². The number of carbonyl (C=O) groups is 1. The van der Waals surface area contributed by atoms with Crippen molar-refractivity contribution in [2.75, 3.05) is 13.7 Å². The summed E-state index contributed by atoms with van der Waals surface area (Å²) < 4.78 is 12.3. The molecule has 1 aromatic carbocycles. The van der Waals surface area contributed by atoms with Crippen molar-refractivity contribution in [3.05, 3.63) is 23.0 Å². The predicted octanol–water partition coefficient (Wildman–Crippen LogP) is 1.80. The van der Waals surface area contributed by atoms with Crippen molar-refractivity contribution in [2.24, 2.45) is 5.73 Å². The molecule has 0 saturated carbocycles. The molecule has 0 aliphatic rings. The standard InChI is InChI=1S/C11H13N3O3S/c1-16-7-2-3-8-9(6-7)14(11(18)13-8)4-5-17-10(12)15/h2-3,6H,4-5H2,1H3,(H2,12,15)(H,13,18). The third-order valence-corrected chi connectivity index (χ3v) is 2.86. The Kier molecular flexibility index (Phi) is 3.52. The summed E-state index contributed by atoms with van der Waals surface area (Å²) in [6.45, 7) is 0.614. The number of nitrogens with two attached hydrogens (primary N) is 1. The van der Waals surface area contributed by atoms with Crippen molar-refractivity contribution in [3.8, 4) is 5.75 Å². The van der Waals surface area contributed by atoms with Crippen LogP contribution in [0.1, 0.15) is 0 Å². The van der Waals surface area contributed by atoms with Gasteiger partial charge < -0.3 is 24.8 Å². The average molecular weight is 267 g/mol. The molecule has 0 unspecified atom stereocenters. The number of fused-ring (bicyclic) bond motifs is 1. The number of amides is 1. The number of primary amides is 1. The molecule has 0 atom stereocenters. The second-order valence-electron chi connectivity index (χ2n) is 3.63. The molecule has 0 aliphatic carbocycles. The van der Waals surface area contributed by atoms with Crippen LogP contribution in [-0.2, 0) is 11.3 Å². The molecule has 0 saturated heterocycles. The fraction of sp³-hybridized carbons (Fsp3) is 0.273. The van der Waals surface area contributed by atoms with Gasteiger partial charge in [-0.3, -0.25) is 0 Å². The average Bonchev–Trinajstić information content (AvgIpc) is 2.64. The molecule has 6 nitrogen and oxygen atoms in total. The molecular weight excluding hydrogens is 254 g/mol. The third kappa shape index (κ3) is 2.45. The van der Waals surface area contributed by atoms with Gasteiger partial charge in [-0.1, -0.05) is 0 Å². The molecule has 3 N–H and O–H groups in total.